The molecule has 1 rings (SSSR count). The first-order chi connectivity index (χ1) is 4.10. The van der Waals surface area contributed by atoms with Crippen molar-refractivity contribution < 1.29 is 5.11 Å². The maximum absolute atomic E-state index is 9.46. The number of rotatable bonds is 0. The molecule has 0 aromatic rings. The average molecular weight is 126 g/mol. The molecule has 0 saturated heterocycles. The average Bonchev–Trinajstić information content (AvgIpc) is 1.60. The molecular weight excluding hydrogens is 112 g/mol. The number of aliphatic hydroxyl groups is 1. The van der Waals surface area contributed by atoms with Gasteiger partial charge >= 0.3 is 0 Å². The third-order valence-corrected chi connectivity index (χ3v) is 1.78. The van der Waals surface area contributed by atoms with E-state index in [9.17, 15) is 5.11 Å². The molecule has 0 heterocycles. The Morgan fingerprint density at radius 2 is 2.33 bits per heavy atom. The van der Waals surface area contributed by atoms with Gasteiger partial charge in [-0.25, -0.2) is 0 Å². The smallest absolute Gasteiger partial charge is 0.0802 e. The normalized spacial score (nSPS) is 43.2. The Labute approximate surface area is 56.4 Å². The van der Waals surface area contributed by atoms with Crippen LogP contribution in [0.25, 0.3) is 0 Å². The predicted molar refractivity (Wildman–Crippen MR) is 38.2 cm³/mol. The second kappa shape index (κ2) is 2.14. The maximum Gasteiger partial charge on any atom is 0.0802 e. The highest BCUT2D eigenvalue weighted by molar-refractivity contribution is 5.03. The first-order valence-corrected chi connectivity index (χ1v) is 3.50. The van der Waals surface area contributed by atoms with Gasteiger partial charge in [-0.3, -0.25) is 0 Å². The van der Waals surface area contributed by atoms with Crippen molar-refractivity contribution in [3.8, 4) is 0 Å². The first-order valence-electron chi connectivity index (χ1n) is 3.50. The summed E-state index contributed by atoms with van der Waals surface area (Å²) in [5.41, 5.74) is -0.530. The summed E-state index contributed by atoms with van der Waals surface area (Å²) in [7, 11) is 0. The van der Waals surface area contributed by atoms with E-state index in [2.05, 4.69) is 13.0 Å². The van der Waals surface area contributed by atoms with E-state index in [1.54, 1.807) is 0 Å². The monoisotopic (exact) mass is 126 g/mol. The summed E-state index contributed by atoms with van der Waals surface area (Å²) in [6.07, 6.45) is 5.99. The van der Waals surface area contributed by atoms with E-state index >= 15 is 0 Å². The Hall–Kier alpha value is -0.300. The van der Waals surface area contributed by atoms with Gasteiger partial charge in [0.2, 0.25) is 0 Å². The number of hydrogen-bond donors (Lipinski definition) is 1. The van der Waals surface area contributed by atoms with Crippen LogP contribution in [0.15, 0.2) is 12.2 Å². The van der Waals surface area contributed by atoms with Crippen molar-refractivity contribution in [3.05, 3.63) is 12.2 Å². The summed E-state index contributed by atoms with van der Waals surface area (Å²) >= 11 is 0. The molecule has 9 heavy (non-hydrogen) atoms. The lowest BCUT2D eigenvalue weighted by molar-refractivity contribution is 0.0785. The van der Waals surface area contributed by atoms with Crippen molar-refractivity contribution in [2.24, 2.45) is 5.92 Å². The number of allylic oxidation sites excluding steroid dienone is 1. The number of hydrogen-bond acceptors (Lipinski definition) is 1. The van der Waals surface area contributed by atoms with Gasteiger partial charge in [0.25, 0.3) is 0 Å². The van der Waals surface area contributed by atoms with E-state index in [4.69, 9.17) is 0 Å². The van der Waals surface area contributed by atoms with Crippen LogP contribution in [0.3, 0.4) is 0 Å². The Morgan fingerprint density at radius 3 is 2.67 bits per heavy atom. The van der Waals surface area contributed by atoms with Crippen molar-refractivity contribution in [1.82, 2.24) is 0 Å². The van der Waals surface area contributed by atoms with Gasteiger partial charge < -0.3 is 5.11 Å². The first kappa shape index (κ1) is 6.81. The van der Waals surface area contributed by atoms with E-state index in [1.807, 2.05) is 13.0 Å². The van der Waals surface area contributed by atoms with Crippen LogP contribution in [0.5, 0.6) is 0 Å². The molecule has 1 heteroatoms. The quantitative estimate of drug-likeness (QED) is 0.490. The minimum Gasteiger partial charge on any atom is -0.386 e. The van der Waals surface area contributed by atoms with Gasteiger partial charge in [-0.05, 0) is 25.7 Å². The summed E-state index contributed by atoms with van der Waals surface area (Å²) in [6, 6.07) is 0. The van der Waals surface area contributed by atoms with Gasteiger partial charge in [-0.1, -0.05) is 19.1 Å². The van der Waals surface area contributed by atoms with Crippen LogP contribution >= 0.6 is 0 Å². The zero-order valence-electron chi connectivity index (χ0n) is 6.09. The predicted octanol–water partition coefficient (Wildman–Crippen LogP) is 1.72. The minimum absolute atomic E-state index is 0.530. The molecule has 2 atom stereocenters. The minimum atomic E-state index is -0.530. The molecule has 0 aliphatic heterocycles. The molecule has 1 aliphatic carbocycles. The van der Waals surface area contributed by atoms with Crippen LogP contribution in [0.2, 0.25) is 0 Å². The molecule has 0 saturated carbocycles. The van der Waals surface area contributed by atoms with Crippen molar-refractivity contribution in [2.45, 2.75) is 32.3 Å². The summed E-state index contributed by atoms with van der Waals surface area (Å²) in [5.74, 6) is 0.644. The Bertz CT molecular complexity index is 125. The second-order valence-corrected chi connectivity index (χ2v) is 3.30. The zero-order chi connectivity index (χ0) is 6.91. The van der Waals surface area contributed by atoms with Gasteiger partial charge in [-0.15, -0.1) is 0 Å². The molecule has 0 aromatic heterocycles. The van der Waals surface area contributed by atoms with E-state index in [1.165, 1.54) is 0 Å². The molecule has 1 N–H and O–H groups in total. The molecule has 0 spiro atoms. The zero-order valence-corrected chi connectivity index (χ0v) is 6.09. The topological polar surface area (TPSA) is 20.2 Å². The molecule has 0 fully saturated rings. The van der Waals surface area contributed by atoms with Crippen LogP contribution in [-0.4, -0.2) is 10.7 Å². The molecular formula is C8H14O. The Balaban J connectivity index is 2.60. The Morgan fingerprint density at radius 1 is 1.67 bits per heavy atom. The molecule has 1 nitrogen and oxygen atoms in total. The van der Waals surface area contributed by atoms with E-state index in [0.29, 0.717) is 5.92 Å². The van der Waals surface area contributed by atoms with E-state index in [0.717, 1.165) is 12.8 Å². The largest absolute Gasteiger partial charge is 0.386 e. The van der Waals surface area contributed by atoms with Crippen LogP contribution in [0.4, 0.5) is 0 Å². The Kier molecular flexibility index (Phi) is 1.62. The van der Waals surface area contributed by atoms with Crippen LogP contribution in [0.1, 0.15) is 26.7 Å². The highest BCUT2D eigenvalue weighted by Gasteiger charge is 2.22. The fraction of sp³-hybridized carbons (Fsp3) is 0.750. The van der Waals surface area contributed by atoms with Gasteiger partial charge in [-0.2, -0.15) is 0 Å². The lowest BCUT2D eigenvalue weighted by atomic mass is 9.86. The van der Waals surface area contributed by atoms with E-state index in [-0.39, 0.29) is 0 Å². The van der Waals surface area contributed by atoms with Crippen LogP contribution in [-0.2, 0) is 0 Å². The summed E-state index contributed by atoms with van der Waals surface area (Å²) in [4.78, 5) is 0. The van der Waals surface area contributed by atoms with Crippen molar-refractivity contribution in [2.75, 3.05) is 0 Å². The van der Waals surface area contributed by atoms with Crippen molar-refractivity contribution >= 4 is 0 Å². The van der Waals surface area contributed by atoms with Gasteiger partial charge in [0, 0.05) is 0 Å². The standard InChI is InChI=1S/C8H14O/c1-7-4-3-5-8(2,9)6-7/h3,5,7,9H,4,6H2,1-2H3/t7-,8+/m0/s1. The van der Waals surface area contributed by atoms with Crippen molar-refractivity contribution in [3.63, 3.8) is 0 Å². The lowest BCUT2D eigenvalue weighted by Crippen LogP contribution is -2.26. The SMILES string of the molecule is C[C@H]1CC=C[C@@](C)(O)C1. The lowest BCUT2D eigenvalue weighted by Gasteiger charge is -2.26. The van der Waals surface area contributed by atoms with E-state index < -0.39 is 5.60 Å². The van der Waals surface area contributed by atoms with Gasteiger partial charge in [0.15, 0.2) is 0 Å². The molecule has 0 unspecified atom stereocenters. The summed E-state index contributed by atoms with van der Waals surface area (Å²) < 4.78 is 0. The third-order valence-electron chi connectivity index (χ3n) is 1.78. The second-order valence-electron chi connectivity index (χ2n) is 3.30. The van der Waals surface area contributed by atoms with Gasteiger partial charge in [0.1, 0.15) is 0 Å². The highest BCUT2D eigenvalue weighted by atomic mass is 16.3. The maximum atomic E-state index is 9.46. The molecule has 0 radical (unpaired) electrons. The third kappa shape index (κ3) is 1.83. The summed E-state index contributed by atoms with van der Waals surface area (Å²) in [5, 5.41) is 9.46. The highest BCUT2D eigenvalue weighted by Crippen LogP contribution is 2.25. The molecule has 52 valence electrons. The van der Waals surface area contributed by atoms with Crippen molar-refractivity contribution in [1.29, 1.82) is 0 Å². The van der Waals surface area contributed by atoms with Crippen LogP contribution < -0.4 is 0 Å². The van der Waals surface area contributed by atoms with Crippen LogP contribution in [0, 0.1) is 5.92 Å². The molecule has 0 bridgehead atoms. The summed E-state index contributed by atoms with van der Waals surface area (Å²) in [6.45, 7) is 4.02. The molecule has 0 aromatic carbocycles. The van der Waals surface area contributed by atoms with Gasteiger partial charge in [0.05, 0.1) is 5.60 Å². The molecule has 1 aliphatic rings. The fourth-order valence-corrected chi connectivity index (χ4v) is 1.41. The fourth-order valence-electron chi connectivity index (χ4n) is 1.41. The molecule has 0 amide bonds.